The average molecular weight is 439 g/mol. The number of rotatable bonds is 6. The molecule has 6 nitrogen and oxygen atoms in total. The molecule has 0 aromatic carbocycles. The minimum atomic E-state index is -3.10. The van der Waals surface area contributed by atoms with E-state index in [9.17, 15) is 18.0 Å². The quantitative estimate of drug-likeness (QED) is 0.689. The van der Waals surface area contributed by atoms with Gasteiger partial charge in [-0.1, -0.05) is 13.8 Å². The van der Waals surface area contributed by atoms with Crippen LogP contribution in [0.25, 0.3) is 0 Å². The lowest BCUT2D eigenvalue weighted by atomic mass is 9.79. The van der Waals surface area contributed by atoms with Gasteiger partial charge in [-0.15, -0.1) is 0 Å². The molecule has 5 unspecified atom stereocenters. The molecule has 5 atom stereocenters. The van der Waals surface area contributed by atoms with Crippen molar-refractivity contribution in [3.8, 4) is 0 Å². The fourth-order valence-corrected chi connectivity index (χ4v) is 7.54. The molecule has 4 rings (SSSR count). The number of amides is 1. The van der Waals surface area contributed by atoms with Crippen molar-refractivity contribution in [2.24, 2.45) is 29.1 Å². The number of Topliss-reactive ketones (excluding diaryl/α,β-unsaturated/α-hetero) is 1. The van der Waals surface area contributed by atoms with Crippen molar-refractivity contribution < 1.29 is 18.0 Å². The number of hydrogen-bond acceptors (Lipinski definition) is 5. The van der Waals surface area contributed by atoms with E-state index in [0.29, 0.717) is 31.1 Å². The summed E-state index contributed by atoms with van der Waals surface area (Å²) in [6.45, 7) is 6.72. The standard InChI is InChI=1S/C23H38N2O4S/c1-23(2)9-4-10-25(14-23)13-20(26)24-21-18-12-17(30(3,28)29)8-7-16(18)11-19(21)22(27)15-5-6-15/h15-19,21H,4-14H2,1-3H3,(H,24,26). The van der Waals surface area contributed by atoms with Crippen LogP contribution in [-0.2, 0) is 19.4 Å². The highest BCUT2D eigenvalue weighted by Crippen LogP contribution is 2.49. The van der Waals surface area contributed by atoms with Crippen molar-refractivity contribution in [3.63, 3.8) is 0 Å². The van der Waals surface area contributed by atoms with Gasteiger partial charge in [0.25, 0.3) is 0 Å². The molecule has 1 heterocycles. The smallest absolute Gasteiger partial charge is 0.234 e. The Morgan fingerprint density at radius 3 is 2.47 bits per heavy atom. The summed E-state index contributed by atoms with van der Waals surface area (Å²) >= 11 is 0. The van der Waals surface area contributed by atoms with Gasteiger partial charge in [-0.05, 0) is 75.2 Å². The van der Waals surface area contributed by atoms with E-state index in [4.69, 9.17) is 0 Å². The SMILES string of the molecule is CC1(C)CCCN(CC(=O)NC2C(C(=O)C3CC3)CC3CCC(S(C)(=O)=O)CC32)C1. The average Bonchev–Trinajstić information content (AvgIpc) is 3.42. The summed E-state index contributed by atoms with van der Waals surface area (Å²) in [7, 11) is -3.10. The van der Waals surface area contributed by atoms with Crippen LogP contribution in [0.4, 0.5) is 0 Å². The summed E-state index contributed by atoms with van der Waals surface area (Å²) < 4.78 is 24.4. The van der Waals surface area contributed by atoms with Gasteiger partial charge < -0.3 is 5.32 Å². The van der Waals surface area contributed by atoms with E-state index in [-0.39, 0.29) is 40.4 Å². The Kier molecular flexibility index (Phi) is 6.08. The van der Waals surface area contributed by atoms with Crippen molar-refractivity contribution in [1.29, 1.82) is 0 Å². The van der Waals surface area contributed by atoms with Crippen LogP contribution in [0, 0.1) is 29.1 Å². The minimum Gasteiger partial charge on any atom is -0.351 e. The van der Waals surface area contributed by atoms with Crippen LogP contribution in [0.1, 0.15) is 65.2 Å². The van der Waals surface area contributed by atoms with Gasteiger partial charge >= 0.3 is 0 Å². The zero-order valence-electron chi connectivity index (χ0n) is 18.7. The van der Waals surface area contributed by atoms with E-state index in [1.54, 1.807) is 0 Å². The molecule has 0 aromatic rings. The summed E-state index contributed by atoms with van der Waals surface area (Å²) in [4.78, 5) is 28.2. The molecule has 0 spiro atoms. The summed E-state index contributed by atoms with van der Waals surface area (Å²) in [5, 5.41) is 2.90. The van der Waals surface area contributed by atoms with Gasteiger partial charge in [0, 0.05) is 30.7 Å². The van der Waals surface area contributed by atoms with Crippen LogP contribution in [-0.4, -0.2) is 62.2 Å². The minimum absolute atomic E-state index is 0.00609. The number of nitrogens with zero attached hydrogens (tertiary/aromatic N) is 1. The van der Waals surface area contributed by atoms with Crippen LogP contribution < -0.4 is 5.32 Å². The molecule has 0 radical (unpaired) electrons. The van der Waals surface area contributed by atoms with Gasteiger partial charge in [-0.3, -0.25) is 14.5 Å². The topological polar surface area (TPSA) is 83.6 Å². The molecule has 170 valence electrons. The monoisotopic (exact) mass is 438 g/mol. The first-order chi connectivity index (χ1) is 14.0. The third-order valence-corrected chi connectivity index (χ3v) is 9.72. The third kappa shape index (κ3) is 4.93. The number of hydrogen-bond donors (Lipinski definition) is 1. The van der Waals surface area contributed by atoms with Crippen LogP contribution in [0.3, 0.4) is 0 Å². The summed E-state index contributed by atoms with van der Waals surface area (Å²) in [5.74, 6) is 0.802. The van der Waals surface area contributed by atoms with Crippen LogP contribution in [0.15, 0.2) is 0 Å². The van der Waals surface area contributed by atoms with E-state index < -0.39 is 9.84 Å². The highest BCUT2D eigenvalue weighted by molar-refractivity contribution is 7.91. The first-order valence-corrected chi connectivity index (χ1v) is 13.7. The molecular weight excluding hydrogens is 400 g/mol. The lowest BCUT2D eigenvalue weighted by Crippen LogP contribution is -2.51. The number of carbonyl (C=O) groups excluding carboxylic acids is 2. The number of fused-ring (bicyclic) bond motifs is 1. The molecule has 1 amide bonds. The number of nitrogens with one attached hydrogen (secondary N) is 1. The first kappa shape index (κ1) is 22.3. The Balaban J connectivity index is 1.46. The van der Waals surface area contributed by atoms with Crippen molar-refractivity contribution in [2.45, 2.75) is 76.5 Å². The maximum absolute atomic E-state index is 13.0. The molecule has 1 N–H and O–H groups in total. The van der Waals surface area contributed by atoms with Crippen LogP contribution in [0.5, 0.6) is 0 Å². The summed E-state index contributed by atoms with van der Waals surface area (Å²) in [5.41, 5.74) is 0.230. The van der Waals surface area contributed by atoms with Crippen molar-refractivity contribution >= 4 is 21.5 Å². The molecule has 0 bridgehead atoms. The zero-order valence-corrected chi connectivity index (χ0v) is 19.5. The molecule has 0 aromatic heterocycles. The molecule has 1 saturated heterocycles. The number of ketones is 1. The molecule has 30 heavy (non-hydrogen) atoms. The van der Waals surface area contributed by atoms with Crippen LogP contribution >= 0.6 is 0 Å². The Labute approximate surface area is 181 Å². The molecule has 3 saturated carbocycles. The second-order valence-electron chi connectivity index (χ2n) is 11.3. The van der Waals surface area contributed by atoms with Crippen molar-refractivity contribution in [1.82, 2.24) is 10.2 Å². The predicted octanol–water partition coefficient (Wildman–Crippen LogP) is 2.42. The van der Waals surface area contributed by atoms with Gasteiger partial charge in [0.05, 0.1) is 11.8 Å². The number of likely N-dealkylation sites (tertiary alicyclic amines) is 1. The van der Waals surface area contributed by atoms with E-state index in [0.717, 1.165) is 45.2 Å². The number of sulfone groups is 1. The van der Waals surface area contributed by atoms with Gasteiger partial charge in [0.15, 0.2) is 0 Å². The predicted molar refractivity (Wildman–Crippen MR) is 117 cm³/mol. The fraction of sp³-hybridized carbons (Fsp3) is 0.913. The molecule has 4 fully saturated rings. The van der Waals surface area contributed by atoms with Gasteiger partial charge in [0.2, 0.25) is 5.91 Å². The number of carbonyl (C=O) groups is 2. The highest BCUT2D eigenvalue weighted by atomic mass is 32.2. The van der Waals surface area contributed by atoms with Gasteiger partial charge in [-0.25, -0.2) is 8.42 Å². The Hall–Kier alpha value is -0.950. The molecule has 7 heteroatoms. The van der Waals surface area contributed by atoms with Gasteiger partial charge in [0.1, 0.15) is 15.6 Å². The lowest BCUT2D eigenvalue weighted by Gasteiger charge is -2.38. The largest absolute Gasteiger partial charge is 0.351 e. The van der Waals surface area contributed by atoms with Crippen LogP contribution in [0.2, 0.25) is 0 Å². The second-order valence-corrected chi connectivity index (χ2v) is 13.6. The highest BCUT2D eigenvalue weighted by Gasteiger charge is 2.52. The number of piperidine rings is 1. The summed E-state index contributed by atoms with van der Waals surface area (Å²) in [6.07, 6.45) is 8.50. The van der Waals surface area contributed by atoms with E-state index in [2.05, 4.69) is 24.1 Å². The molecule has 1 aliphatic heterocycles. The maximum atomic E-state index is 13.0. The van der Waals surface area contributed by atoms with Gasteiger partial charge in [-0.2, -0.15) is 0 Å². The van der Waals surface area contributed by atoms with E-state index >= 15 is 0 Å². The van der Waals surface area contributed by atoms with Crippen molar-refractivity contribution in [2.75, 3.05) is 25.9 Å². The Bertz CT molecular complexity index is 789. The Morgan fingerprint density at radius 2 is 1.83 bits per heavy atom. The maximum Gasteiger partial charge on any atom is 0.234 e. The lowest BCUT2D eigenvalue weighted by molar-refractivity contribution is -0.127. The van der Waals surface area contributed by atoms with Crippen molar-refractivity contribution in [3.05, 3.63) is 0 Å². The first-order valence-electron chi connectivity index (χ1n) is 11.8. The van der Waals surface area contributed by atoms with E-state index in [1.807, 2.05) is 0 Å². The molecular formula is C23H38N2O4S. The molecule has 4 aliphatic rings. The fourth-order valence-electron chi connectivity index (χ4n) is 6.41. The zero-order chi connectivity index (χ0) is 21.7. The Morgan fingerprint density at radius 1 is 1.10 bits per heavy atom. The molecule has 3 aliphatic carbocycles. The third-order valence-electron chi connectivity index (χ3n) is 8.08. The normalized spacial score (nSPS) is 36.8. The van der Waals surface area contributed by atoms with E-state index in [1.165, 1.54) is 12.7 Å². The summed E-state index contributed by atoms with van der Waals surface area (Å²) in [6, 6.07) is -0.196. The second kappa shape index (κ2) is 8.19.